The third kappa shape index (κ3) is 4.00. The number of anilines is 1. The van der Waals surface area contributed by atoms with Crippen LogP contribution in [0.1, 0.15) is 20.8 Å². The predicted octanol–water partition coefficient (Wildman–Crippen LogP) is 2.19. The number of aromatic nitrogens is 1. The molecule has 1 aromatic rings. The number of hydrogen-bond acceptors (Lipinski definition) is 4. The van der Waals surface area contributed by atoms with Crippen molar-refractivity contribution in [3.05, 3.63) is 18.3 Å². The van der Waals surface area contributed by atoms with Gasteiger partial charge in [0, 0.05) is 19.0 Å². The second-order valence-electron chi connectivity index (χ2n) is 4.72. The zero-order chi connectivity index (χ0) is 13.1. The lowest BCUT2D eigenvalue weighted by atomic mass is 9.98. The first-order valence-corrected chi connectivity index (χ1v) is 7.60. The predicted molar refractivity (Wildman–Crippen MR) is 69.8 cm³/mol. The molecular formula is C12H20N2O2S. The fraction of sp³-hybridized carbons (Fsp3) is 0.583. The zero-order valence-electron chi connectivity index (χ0n) is 10.8. The molecule has 1 atom stereocenters. The quantitative estimate of drug-likeness (QED) is 0.877. The van der Waals surface area contributed by atoms with Crippen molar-refractivity contribution in [3.8, 4) is 0 Å². The summed E-state index contributed by atoms with van der Waals surface area (Å²) >= 11 is 0. The summed E-state index contributed by atoms with van der Waals surface area (Å²) in [5.74, 6) is 1.46. The van der Waals surface area contributed by atoms with Crippen LogP contribution in [0.3, 0.4) is 0 Å². The van der Waals surface area contributed by atoms with Crippen LogP contribution in [-0.4, -0.2) is 26.2 Å². The lowest BCUT2D eigenvalue weighted by Crippen LogP contribution is -2.18. The van der Waals surface area contributed by atoms with Crippen LogP contribution in [0.15, 0.2) is 23.2 Å². The van der Waals surface area contributed by atoms with E-state index in [1.165, 1.54) is 6.26 Å². The Labute approximate surface area is 103 Å². The normalized spacial score (nSPS) is 13.7. The van der Waals surface area contributed by atoms with Crippen LogP contribution in [-0.2, 0) is 9.84 Å². The van der Waals surface area contributed by atoms with Gasteiger partial charge in [-0.15, -0.1) is 0 Å². The molecule has 1 unspecified atom stereocenters. The van der Waals surface area contributed by atoms with E-state index in [4.69, 9.17) is 0 Å². The maximum absolute atomic E-state index is 11.6. The molecule has 0 aliphatic heterocycles. The Bertz CT molecular complexity index is 469. The molecule has 17 heavy (non-hydrogen) atoms. The van der Waals surface area contributed by atoms with Crippen LogP contribution < -0.4 is 5.32 Å². The van der Waals surface area contributed by atoms with Crippen molar-refractivity contribution < 1.29 is 8.42 Å². The largest absolute Gasteiger partial charge is 0.369 e. The maximum atomic E-state index is 11.6. The molecule has 1 N–H and O–H groups in total. The Morgan fingerprint density at radius 2 is 2.00 bits per heavy atom. The van der Waals surface area contributed by atoms with E-state index in [2.05, 4.69) is 31.1 Å². The molecule has 0 amide bonds. The maximum Gasteiger partial charge on any atom is 0.179 e. The van der Waals surface area contributed by atoms with E-state index in [1.807, 2.05) is 0 Å². The van der Waals surface area contributed by atoms with Crippen molar-refractivity contribution in [2.75, 3.05) is 18.1 Å². The number of sulfone groups is 1. The molecule has 0 saturated carbocycles. The van der Waals surface area contributed by atoms with Gasteiger partial charge in [0.2, 0.25) is 0 Å². The standard InChI is InChI=1S/C12H20N2O2S/c1-9(2)10(3)8-14-12-11(17(4,15)16)6-5-7-13-12/h5-7,9-10H,8H2,1-4H3,(H,13,14). The second kappa shape index (κ2) is 5.49. The van der Waals surface area contributed by atoms with Gasteiger partial charge in [-0.25, -0.2) is 13.4 Å². The Hall–Kier alpha value is -1.10. The lowest BCUT2D eigenvalue weighted by molar-refractivity contribution is 0.439. The zero-order valence-corrected chi connectivity index (χ0v) is 11.6. The van der Waals surface area contributed by atoms with Crippen molar-refractivity contribution in [1.82, 2.24) is 4.98 Å². The van der Waals surface area contributed by atoms with Crippen molar-refractivity contribution >= 4 is 15.7 Å². The van der Waals surface area contributed by atoms with Gasteiger partial charge < -0.3 is 5.32 Å². The van der Waals surface area contributed by atoms with Gasteiger partial charge in [0.1, 0.15) is 10.7 Å². The minimum Gasteiger partial charge on any atom is -0.369 e. The molecule has 0 aliphatic carbocycles. The number of hydrogen-bond donors (Lipinski definition) is 1. The number of nitrogens with one attached hydrogen (secondary N) is 1. The number of rotatable bonds is 5. The molecule has 0 aromatic carbocycles. The molecule has 5 heteroatoms. The fourth-order valence-corrected chi connectivity index (χ4v) is 2.12. The van der Waals surface area contributed by atoms with Crippen LogP contribution in [0, 0.1) is 11.8 Å². The van der Waals surface area contributed by atoms with E-state index in [0.717, 1.165) is 6.54 Å². The highest BCUT2D eigenvalue weighted by molar-refractivity contribution is 7.90. The van der Waals surface area contributed by atoms with Gasteiger partial charge in [-0.2, -0.15) is 0 Å². The first-order valence-electron chi connectivity index (χ1n) is 5.71. The van der Waals surface area contributed by atoms with Crippen molar-refractivity contribution in [2.24, 2.45) is 11.8 Å². The Balaban J connectivity index is 2.85. The van der Waals surface area contributed by atoms with Gasteiger partial charge in [0.05, 0.1) is 0 Å². The Morgan fingerprint density at radius 1 is 1.35 bits per heavy atom. The highest BCUT2D eigenvalue weighted by atomic mass is 32.2. The van der Waals surface area contributed by atoms with Crippen LogP contribution in [0.4, 0.5) is 5.82 Å². The van der Waals surface area contributed by atoms with Crippen LogP contribution in [0.25, 0.3) is 0 Å². The van der Waals surface area contributed by atoms with Crippen molar-refractivity contribution in [1.29, 1.82) is 0 Å². The summed E-state index contributed by atoms with van der Waals surface area (Å²) in [6.07, 6.45) is 2.79. The van der Waals surface area contributed by atoms with E-state index in [-0.39, 0.29) is 4.90 Å². The molecule has 1 aromatic heterocycles. The summed E-state index contributed by atoms with van der Waals surface area (Å²) in [4.78, 5) is 4.35. The molecule has 1 heterocycles. The van der Waals surface area contributed by atoms with Crippen molar-refractivity contribution in [3.63, 3.8) is 0 Å². The lowest BCUT2D eigenvalue weighted by Gasteiger charge is -2.17. The Morgan fingerprint density at radius 3 is 2.53 bits per heavy atom. The summed E-state index contributed by atoms with van der Waals surface area (Å²) in [7, 11) is -3.23. The van der Waals surface area contributed by atoms with Crippen molar-refractivity contribution in [2.45, 2.75) is 25.7 Å². The number of pyridine rings is 1. The molecule has 1 rings (SSSR count). The van der Waals surface area contributed by atoms with Crippen LogP contribution in [0.5, 0.6) is 0 Å². The van der Waals surface area contributed by atoms with Gasteiger partial charge in [0.15, 0.2) is 9.84 Å². The molecule has 0 fully saturated rings. The molecule has 0 aliphatic rings. The van der Waals surface area contributed by atoms with E-state index in [9.17, 15) is 8.42 Å². The van der Waals surface area contributed by atoms with Gasteiger partial charge in [-0.05, 0) is 24.0 Å². The summed E-state index contributed by atoms with van der Waals surface area (Å²) < 4.78 is 23.1. The molecular weight excluding hydrogens is 236 g/mol. The molecule has 0 bridgehead atoms. The third-order valence-electron chi connectivity index (χ3n) is 2.90. The SMILES string of the molecule is CC(C)C(C)CNc1ncccc1S(C)(=O)=O. The highest BCUT2D eigenvalue weighted by Gasteiger charge is 2.15. The monoisotopic (exact) mass is 256 g/mol. The number of nitrogens with zero attached hydrogens (tertiary/aromatic N) is 1. The molecule has 4 nitrogen and oxygen atoms in total. The minimum absolute atomic E-state index is 0.260. The molecule has 0 spiro atoms. The molecule has 0 radical (unpaired) electrons. The summed E-state index contributed by atoms with van der Waals surface area (Å²) in [5.41, 5.74) is 0. The van der Waals surface area contributed by atoms with E-state index < -0.39 is 9.84 Å². The van der Waals surface area contributed by atoms with Gasteiger partial charge in [-0.3, -0.25) is 0 Å². The van der Waals surface area contributed by atoms with Gasteiger partial charge >= 0.3 is 0 Å². The first kappa shape index (κ1) is 14.0. The topological polar surface area (TPSA) is 59.1 Å². The van der Waals surface area contributed by atoms with Gasteiger partial charge in [0.25, 0.3) is 0 Å². The average Bonchev–Trinajstić information content (AvgIpc) is 2.24. The first-order chi connectivity index (χ1) is 7.82. The summed E-state index contributed by atoms with van der Waals surface area (Å²) in [6, 6.07) is 3.21. The summed E-state index contributed by atoms with van der Waals surface area (Å²) in [5, 5.41) is 3.11. The minimum atomic E-state index is -3.23. The van der Waals surface area contributed by atoms with Gasteiger partial charge in [-0.1, -0.05) is 20.8 Å². The second-order valence-corrected chi connectivity index (χ2v) is 6.71. The van der Waals surface area contributed by atoms with E-state index in [0.29, 0.717) is 17.7 Å². The fourth-order valence-electron chi connectivity index (χ4n) is 1.32. The highest BCUT2D eigenvalue weighted by Crippen LogP contribution is 2.19. The smallest absolute Gasteiger partial charge is 0.179 e. The molecule has 0 saturated heterocycles. The van der Waals surface area contributed by atoms with Crippen LogP contribution in [0.2, 0.25) is 0 Å². The Kier molecular flexibility index (Phi) is 4.51. The summed E-state index contributed by atoms with van der Waals surface area (Å²) in [6.45, 7) is 7.13. The van der Waals surface area contributed by atoms with E-state index in [1.54, 1.807) is 18.3 Å². The third-order valence-corrected chi connectivity index (χ3v) is 4.03. The average molecular weight is 256 g/mol. The molecule has 96 valence electrons. The van der Waals surface area contributed by atoms with E-state index >= 15 is 0 Å². The van der Waals surface area contributed by atoms with Crippen LogP contribution >= 0.6 is 0 Å².